The summed E-state index contributed by atoms with van der Waals surface area (Å²) in [6, 6.07) is 0. The maximum Gasteiger partial charge on any atom is 0.239 e. The monoisotopic (exact) mass is 269 g/mol. The number of nitrogens with one attached hydrogen (secondary N) is 2. The molecule has 0 aromatic carbocycles. The average Bonchev–Trinajstić information content (AvgIpc) is 2.32. The van der Waals surface area contributed by atoms with E-state index < -0.39 is 5.41 Å². The highest BCUT2D eigenvalue weighted by atomic mass is 16.2. The molecule has 6 nitrogen and oxygen atoms in total. The summed E-state index contributed by atoms with van der Waals surface area (Å²) in [6.45, 7) is 7.26. The third-order valence-corrected chi connectivity index (χ3v) is 2.93. The van der Waals surface area contributed by atoms with Crippen molar-refractivity contribution in [2.45, 2.75) is 33.6 Å². The van der Waals surface area contributed by atoms with Crippen molar-refractivity contribution in [3.63, 3.8) is 0 Å². The second kappa shape index (κ2) is 6.54. The van der Waals surface area contributed by atoms with Gasteiger partial charge in [0.2, 0.25) is 17.7 Å². The topological polar surface area (TPSA) is 78.5 Å². The zero-order chi connectivity index (χ0) is 14.5. The van der Waals surface area contributed by atoms with Crippen LogP contribution in [0.3, 0.4) is 0 Å². The van der Waals surface area contributed by atoms with Crippen LogP contribution in [0.4, 0.5) is 0 Å². The van der Waals surface area contributed by atoms with Crippen molar-refractivity contribution in [3.8, 4) is 0 Å². The standard InChI is InChI=1S/C13H23N3O3/c1-13(2,3)12(19)15-6-4-5-11(18)16-8-7-14-10(17)9-16/h4-9H2,1-3H3,(H,14,17)(H,15,19). The highest BCUT2D eigenvalue weighted by Crippen LogP contribution is 2.12. The smallest absolute Gasteiger partial charge is 0.239 e. The molecule has 1 heterocycles. The van der Waals surface area contributed by atoms with Gasteiger partial charge in [-0.05, 0) is 6.42 Å². The molecule has 0 atom stereocenters. The predicted octanol–water partition coefficient (Wildman–Crippen LogP) is -0.113. The van der Waals surface area contributed by atoms with Gasteiger partial charge in [-0.15, -0.1) is 0 Å². The lowest BCUT2D eigenvalue weighted by atomic mass is 9.96. The van der Waals surface area contributed by atoms with Crippen LogP contribution in [-0.2, 0) is 14.4 Å². The average molecular weight is 269 g/mol. The lowest BCUT2D eigenvalue weighted by molar-refractivity contribution is -0.138. The summed E-state index contributed by atoms with van der Waals surface area (Å²) in [5.41, 5.74) is -0.408. The van der Waals surface area contributed by atoms with E-state index >= 15 is 0 Å². The van der Waals surface area contributed by atoms with Crippen LogP contribution in [0.2, 0.25) is 0 Å². The first-order valence-electron chi connectivity index (χ1n) is 6.63. The van der Waals surface area contributed by atoms with E-state index in [0.717, 1.165) is 0 Å². The molecule has 0 spiro atoms. The summed E-state index contributed by atoms with van der Waals surface area (Å²) in [5, 5.41) is 5.48. The third kappa shape index (κ3) is 5.28. The van der Waals surface area contributed by atoms with Gasteiger partial charge < -0.3 is 15.5 Å². The molecular weight excluding hydrogens is 246 g/mol. The normalized spacial score (nSPS) is 15.9. The van der Waals surface area contributed by atoms with E-state index in [1.165, 1.54) is 0 Å². The van der Waals surface area contributed by atoms with Crippen molar-refractivity contribution >= 4 is 17.7 Å². The van der Waals surface area contributed by atoms with Gasteiger partial charge in [0, 0.05) is 31.5 Å². The first-order valence-corrected chi connectivity index (χ1v) is 6.63. The minimum absolute atomic E-state index is 0.0164. The molecule has 0 aliphatic carbocycles. The molecule has 0 saturated carbocycles. The van der Waals surface area contributed by atoms with E-state index in [2.05, 4.69) is 10.6 Å². The van der Waals surface area contributed by atoms with Crippen LogP contribution < -0.4 is 10.6 Å². The number of piperazine rings is 1. The molecule has 3 amide bonds. The lowest BCUT2D eigenvalue weighted by Gasteiger charge is -2.26. The maximum absolute atomic E-state index is 11.8. The molecule has 1 aliphatic heterocycles. The Bertz CT molecular complexity index is 361. The van der Waals surface area contributed by atoms with Gasteiger partial charge in [0.15, 0.2) is 0 Å². The first kappa shape index (κ1) is 15.5. The van der Waals surface area contributed by atoms with Crippen LogP contribution in [0.25, 0.3) is 0 Å². The van der Waals surface area contributed by atoms with Crippen LogP contribution in [-0.4, -0.2) is 48.8 Å². The summed E-state index contributed by atoms with van der Waals surface area (Å²) < 4.78 is 0. The molecule has 0 bridgehead atoms. The summed E-state index contributed by atoms with van der Waals surface area (Å²) >= 11 is 0. The maximum atomic E-state index is 11.8. The largest absolute Gasteiger partial charge is 0.356 e. The van der Waals surface area contributed by atoms with E-state index in [0.29, 0.717) is 32.5 Å². The molecule has 1 aliphatic rings. The van der Waals surface area contributed by atoms with E-state index in [1.54, 1.807) is 4.90 Å². The highest BCUT2D eigenvalue weighted by Gasteiger charge is 2.22. The van der Waals surface area contributed by atoms with Gasteiger partial charge in [-0.3, -0.25) is 14.4 Å². The predicted molar refractivity (Wildman–Crippen MR) is 71.3 cm³/mol. The number of carbonyl (C=O) groups excluding carboxylic acids is 3. The van der Waals surface area contributed by atoms with Crippen molar-refractivity contribution in [2.75, 3.05) is 26.2 Å². The highest BCUT2D eigenvalue weighted by molar-refractivity contribution is 5.86. The van der Waals surface area contributed by atoms with E-state index in [9.17, 15) is 14.4 Å². The molecule has 19 heavy (non-hydrogen) atoms. The fourth-order valence-electron chi connectivity index (χ4n) is 1.72. The zero-order valence-corrected chi connectivity index (χ0v) is 11.9. The van der Waals surface area contributed by atoms with E-state index in [-0.39, 0.29) is 24.3 Å². The SMILES string of the molecule is CC(C)(C)C(=O)NCCCC(=O)N1CCNC(=O)C1. The Hall–Kier alpha value is -1.59. The first-order chi connectivity index (χ1) is 8.80. The molecule has 6 heteroatoms. The molecule has 0 unspecified atom stereocenters. The van der Waals surface area contributed by atoms with Crippen LogP contribution in [0.15, 0.2) is 0 Å². The van der Waals surface area contributed by atoms with Crippen molar-refractivity contribution in [2.24, 2.45) is 5.41 Å². The molecule has 2 N–H and O–H groups in total. The fourth-order valence-corrected chi connectivity index (χ4v) is 1.72. The van der Waals surface area contributed by atoms with Gasteiger partial charge in [0.1, 0.15) is 0 Å². The molecule has 1 saturated heterocycles. The van der Waals surface area contributed by atoms with E-state index in [1.807, 2.05) is 20.8 Å². The van der Waals surface area contributed by atoms with Crippen LogP contribution >= 0.6 is 0 Å². The Morgan fingerprint density at radius 2 is 2.05 bits per heavy atom. The number of rotatable bonds is 4. The van der Waals surface area contributed by atoms with Crippen LogP contribution in [0, 0.1) is 5.41 Å². The van der Waals surface area contributed by atoms with Gasteiger partial charge in [-0.25, -0.2) is 0 Å². The van der Waals surface area contributed by atoms with Gasteiger partial charge >= 0.3 is 0 Å². The van der Waals surface area contributed by atoms with Crippen LogP contribution in [0.1, 0.15) is 33.6 Å². The van der Waals surface area contributed by atoms with Gasteiger partial charge in [0.05, 0.1) is 6.54 Å². The zero-order valence-electron chi connectivity index (χ0n) is 11.9. The molecule has 0 aromatic rings. The summed E-state index contributed by atoms with van der Waals surface area (Å²) in [6.07, 6.45) is 0.955. The number of carbonyl (C=O) groups is 3. The summed E-state index contributed by atoms with van der Waals surface area (Å²) in [5.74, 6) is -0.155. The van der Waals surface area contributed by atoms with Gasteiger partial charge in [-0.1, -0.05) is 20.8 Å². The molecule has 1 fully saturated rings. The fraction of sp³-hybridized carbons (Fsp3) is 0.769. The molecule has 0 radical (unpaired) electrons. The number of hydrogen-bond acceptors (Lipinski definition) is 3. The second-order valence-electron chi connectivity index (χ2n) is 5.77. The summed E-state index contributed by atoms with van der Waals surface area (Å²) in [4.78, 5) is 36.1. The van der Waals surface area contributed by atoms with Gasteiger partial charge in [-0.2, -0.15) is 0 Å². The Morgan fingerprint density at radius 3 is 2.63 bits per heavy atom. The Labute approximate surface area is 113 Å². The van der Waals surface area contributed by atoms with Crippen molar-refractivity contribution in [1.82, 2.24) is 15.5 Å². The van der Waals surface area contributed by atoms with Crippen molar-refractivity contribution < 1.29 is 14.4 Å². The molecule has 1 rings (SSSR count). The van der Waals surface area contributed by atoms with Gasteiger partial charge in [0.25, 0.3) is 0 Å². The Kier molecular flexibility index (Phi) is 5.32. The lowest BCUT2D eigenvalue weighted by Crippen LogP contribution is -2.50. The molecule has 108 valence electrons. The Balaban J connectivity index is 2.20. The summed E-state index contributed by atoms with van der Waals surface area (Å²) in [7, 11) is 0. The van der Waals surface area contributed by atoms with Crippen molar-refractivity contribution in [3.05, 3.63) is 0 Å². The van der Waals surface area contributed by atoms with Crippen molar-refractivity contribution in [1.29, 1.82) is 0 Å². The minimum Gasteiger partial charge on any atom is -0.356 e. The number of hydrogen-bond donors (Lipinski definition) is 2. The quantitative estimate of drug-likeness (QED) is 0.699. The van der Waals surface area contributed by atoms with E-state index in [4.69, 9.17) is 0 Å². The number of amides is 3. The Morgan fingerprint density at radius 1 is 1.37 bits per heavy atom. The van der Waals surface area contributed by atoms with Crippen LogP contribution in [0.5, 0.6) is 0 Å². The second-order valence-corrected chi connectivity index (χ2v) is 5.77. The molecule has 0 aromatic heterocycles. The minimum atomic E-state index is -0.408. The number of nitrogens with zero attached hydrogens (tertiary/aromatic N) is 1. The third-order valence-electron chi connectivity index (χ3n) is 2.93. The molecular formula is C13H23N3O3.